The number of fused-ring (bicyclic) bond motifs is 1. The van der Waals surface area contributed by atoms with Gasteiger partial charge in [-0.15, -0.1) is 11.3 Å². The molecule has 2 aliphatic rings. The first-order valence-electron chi connectivity index (χ1n) is 11.9. The highest BCUT2D eigenvalue weighted by Crippen LogP contribution is 2.25. The zero-order valence-corrected chi connectivity index (χ0v) is 23.0. The molecule has 3 amide bonds. The Bertz CT molecular complexity index is 1170. The van der Waals surface area contributed by atoms with Crippen molar-refractivity contribution in [3.8, 4) is 0 Å². The maximum absolute atomic E-state index is 13.2. The summed E-state index contributed by atoms with van der Waals surface area (Å²) >= 11 is 12.6. The summed E-state index contributed by atoms with van der Waals surface area (Å²) in [5.41, 5.74) is 1.52. The molecule has 0 aliphatic carbocycles. The normalized spacial score (nSPS) is 19.6. The van der Waals surface area contributed by atoms with Gasteiger partial charge in [-0.1, -0.05) is 23.8 Å². The van der Waals surface area contributed by atoms with Gasteiger partial charge < -0.3 is 30.5 Å². The van der Waals surface area contributed by atoms with Gasteiger partial charge in [0, 0.05) is 55.3 Å². The van der Waals surface area contributed by atoms with Crippen molar-refractivity contribution in [2.24, 2.45) is 0 Å². The van der Waals surface area contributed by atoms with Gasteiger partial charge in [-0.05, 0) is 37.7 Å². The number of benzene rings is 1. The van der Waals surface area contributed by atoms with Crippen molar-refractivity contribution in [2.45, 2.75) is 31.5 Å². The van der Waals surface area contributed by atoms with Crippen molar-refractivity contribution >= 4 is 63.6 Å². The van der Waals surface area contributed by atoms with Crippen molar-refractivity contribution in [1.29, 1.82) is 0 Å². The number of carbonyl (C=O) groups excluding carboxylic acids is 3. The second kappa shape index (κ2) is 12.3. The molecule has 0 spiro atoms. The Hall–Kier alpha value is -2.64. The van der Waals surface area contributed by atoms with Crippen LogP contribution in [-0.2, 0) is 27.3 Å². The molecule has 2 aromatic rings. The summed E-state index contributed by atoms with van der Waals surface area (Å²) < 4.78 is 5.00. The minimum Gasteiger partial charge on any atom is -0.375 e. The molecule has 10 nitrogen and oxygen atoms in total. The molecule has 3 heterocycles. The quantitative estimate of drug-likeness (QED) is 0.454. The van der Waals surface area contributed by atoms with Gasteiger partial charge in [0.1, 0.15) is 6.61 Å². The molecule has 198 valence electrons. The van der Waals surface area contributed by atoms with E-state index in [4.69, 9.17) is 28.6 Å². The van der Waals surface area contributed by atoms with Crippen LogP contribution in [0.4, 0.5) is 5.69 Å². The maximum Gasteiger partial charge on any atom is 0.283 e. The Morgan fingerprint density at radius 2 is 1.95 bits per heavy atom. The third-order valence-corrected chi connectivity index (χ3v) is 7.93. The summed E-state index contributed by atoms with van der Waals surface area (Å²) in [6.45, 7) is 2.31. The molecule has 2 atom stereocenters. The van der Waals surface area contributed by atoms with Crippen LogP contribution >= 0.6 is 35.2 Å². The summed E-state index contributed by atoms with van der Waals surface area (Å²) in [6, 6.07) is 5.83. The van der Waals surface area contributed by atoms with Crippen LogP contribution in [0.1, 0.15) is 26.8 Å². The van der Waals surface area contributed by atoms with Crippen LogP contribution in [0, 0.1) is 0 Å². The van der Waals surface area contributed by atoms with Crippen LogP contribution in [0.2, 0.25) is 5.02 Å². The number of amides is 3. The molecule has 4 rings (SSSR count). The average molecular weight is 565 g/mol. The summed E-state index contributed by atoms with van der Waals surface area (Å²) in [7, 11) is 3.50. The van der Waals surface area contributed by atoms with Crippen molar-refractivity contribution < 1.29 is 19.1 Å². The van der Waals surface area contributed by atoms with Crippen LogP contribution in [-0.4, -0.2) is 90.0 Å². The van der Waals surface area contributed by atoms with E-state index < -0.39 is 11.9 Å². The minimum atomic E-state index is -0.494. The number of methoxy groups -OCH3 is 1. The number of ether oxygens (including phenoxy) is 1. The SMILES string of the molecule is COCC(=O)N1CCC(NC(=S)C(=O)Nc2ccc(Cl)cc2)C(NC(=O)c2nc3c(s2)CN(C)CC3)C1. The number of likely N-dealkylation sites (tertiary alicyclic amines) is 1. The second-order valence-electron chi connectivity index (χ2n) is 9.06. The molecule has 1 aromatic heterocycles. The summed E-state index contributed by atoms with van der Waals surface area (Å²) in [6.07, 6.45) is 1.29. The van der Waals surface area contributed by atoms with E-state index in [0.29, 0.717) is 28.7 Å². The first-order valence-corrected chi connectivity index (χ1v) is 13.5. The number of hydrogen-bond acceptors (Lipinski definition) is 8. The highest BCUT2D eigenvalue weighted by atomic mass is 35.5. The van der Waals surface area contributed by atoms with Crippen LogP contribution < -0.4 is 16.0 Å². The van der Waals surface area contributed by atoms with E-state index in [1.165, 1.54) is 18.4 Å². The van der Waals surface area contributed by atoms with Gasteiger partial charge >= 0.3 is 0 Å². The van der Waals surface area contributed by atoms with Crippen molar-refractivity contribution in [3.05, 3.63) is 44.9 Å². The number of carbonyl (C=O) groups is 3. The summed E-state index contributed by atoms with van der Waals surface area (Å²) in [5.74, 6) is -0.954. The van der Waals surface area contributed by atoms with Gasteiger partial charge in [-0.3, -0.25) is 14.4 Å². The molecule has 0 radical (unpaired) electrons. The van der Waals surface area contributed by atoms with Crippen LogP contribution in [0.3, 0.4) is 0 Å². The highest BCUT2D eigenvalue weighted by molar-refractivity contribution is 7.82. The lowest BCUT2D eigenvalue weighted by Gasteiger charge is -2.39. The van der Waals surface area contributed by atoms with E-state index in [1.807, 2.05) is 7.05 Å². The monoisotopic (exact) mass is 564 g/mol. The number of rotatable bonds is 6. The number of thiocarbonyl (C=S) groups is 1. The second-order valence-corrected chi connectivity index (χ2v) is 11.0. The molecule has 1 aromatic carbocycles. The number of nitrogens with zero attached hydrogens (tertiary/aromatic N) is 3. The first kappa shape index (κ1) is 27.4. The number of hydrogen-bond donors (Lipinski definition) is 3. The van der Waals surface area contributed by atoms with E-state index in [9.17, 15) is 14.4 Å². The molecular formula is C24H29ClN6O4S2. The molecule has 0 saturated carbocycles. The van der Waals surface area contributed by atoms with Gasteiger partial charge in [0.2, 0.25) is 5.91 Å². The van der Waals surface area contributed by atoms with Crippen molar-refractivity contribution in [2.75, 3.05) is 45.7 Å². The number of thiazole rings is 1. The molecule has 2 unspecified atom stereocenters. The Morgan fingerprint density at radius 1 is 1.19 bits per heavy atom. The van der Waals surface area contributed by atoms with E-state index in [1.54, 1.807) is 29.2 Å². The van der Waals surface area contributed by atoms with Gasteiger partial charge in [-0.2, -0.15) is 0 Å². The largest absolute Gasteiger partial charge is 0.375 e. The van der Waals surface area contributed by atoms with E-state index in [2.05, 4.69) is 25.8 Å². The maximum atomic E-state index is 13.2. The first-order chi connectivity index (χ1) is 17.7. The average Bonchev–Trinajstić information content (AvgIpc) is 3.30. The lowest BCUT2D eigenvalue weighted by molar-refractivity contribution is -0.136. The summed E-state index contributed by atoms with van der Waals surface area (Å²) in [5, 5.41) is 9.79. The summed E-state index contributed by atoms with van der Waals surface area (Å²) in [4.78, 5) is 47.8. The molecule has 1 saturated heterocycles. The van der Waals surface area contributed by atoms with E-state index in [0.717, 1.165) is 30.1 Å². The van der Waals surface area contributed by atoms with Crippen molar-refractivity contribution in [1.82, 2.24) is 25.4 Å². The van der Waals surface area contributed by atoms with Crippen molar-refractivity contribution in [3.63, 3.8) is 0 Å². The third kappa shape index (κ3) is 7.02. The standard InChI is InChI=1S/C24H29ClN6O4S2/c1-30-9-7-17-19(12-30)37-24(29-17)22(34)27-18-11-31(20(32)13-35-2)10-8-16(18)28-23(36)21(33)26-15-5-3-14(25)4-6-15/h3-6,16,18H,7-13H2,1-2H3,(H,26,33)(H,27,34)(H,28,36). The van der Waals surface area contributed by atoms with Gasteiger partial charge in [-0.25, -0.2) is 4.98 Å². The predicted octanol–water partition coefficient (Wildman–Crippen LogP) is 1.69. The number of aromatic nitrogens is 1. The minimum absolute atomic E-state index is 0.0105. The van der Waals surface area contributed by atoms with E-state index in [-0.39, 0.29) is 36.0 Å². The Kier molecular flexibility index (Phi) is 9.08. The lowest BCUT2D eigenvalue weighted by atomic mass is 9.98. The van der Waals surface area contributed by atoms with Gasteiger partial charge in [0.25, 0.3) is 11.8 Å². The molecule has 2 aliphatic heterocycles. The molecule has 37 heavy (non-hydrogen) atoms. The number of halogens is 1. The van der Waals surface area contributed by atoms with Crippen LogP contribution in [0.15, 0.2) is 24.3 Å². The predicted molar refractivity (Wildman–Crippen MR) is 146 cm³/mol. The van der Waals surface area contributed by atoms with Crippen LogP contribution in [0.25, 0.3) is 0 Å². The fraction of sp³-hybridized carbons (Fsp3) is 0.458. The zero-order valence-electron chi connectivity index (χ0n) is 20.6. The Labute approximate surface area is 229 Å². The number of piperidine rings is 1. The van der Waals surface area contributed by atoms with Gasteiger partial charge in [0.05, 0.1) is 17.8 Å². The number of likely N-dealkylation sites (N-methyl/N-ethyl adjacent to an activating group) is 1. The molecular weight excluding hydrogens is 536 g/mol. The number of anilines is 1. The zero-order chi connectivity index (χ0) is 26.5. The smallest absolute Gasteiger partial charge is 0.283 e. The van der Waals surface area contributed by atoms with E-state index >= 15 is 0 Å². The third-order valence-electron chi connectivity index (χ3n) is 6.29. The molecule has 0 bridgehead atoms. The topological polar surface area (TPSA) is 116 Å². The molecule has 3 N–H and O–H groups in total. The Morgan fingerprint density at radius 3 is 2.68 bits per heavy atom. The fourth-order valence-electron chi connectivity index (χ4n) is 4.32. The highest BCUT2D eigenvalue weighted by Gasteiger charge is 2.34. The van der Waals surface area contributed by atoms with Gasteiger partial charge in [0.15, 0.2) is 10.00 Å². The lowest BCUT2D eigenvalue weighted by Crippen LogP contribution is -2.62. The molecule has 1 fully saturated rings. The number of nitrogens with one attached hydrogen (secondary N) is 3. The van der Waals surface area contributed by atoms with Crippen LogP contribution in [0.5, 0.6) is 0 Å². The fourth-order valence-corrected chi connectivity index (χ4v) is 5.74. The Balaban J connectivity index is 1.44. The molecule has 13 heteroatoms.